The van der Waals surface area contributed by atoms with Crippen molar-refractivity contribution in [3.63, 3.8) is 0 Å². The van der Waals surface area contributed by atoms with E-state index in [1.807, 2.05) is 42.5 Å². The van der Waals surface area contributed by atoms with Crippen LogP contribution in [-0.4, -0.2) is 17.2 Å². The molecule has 2 aromatic rings. The molecule has 1 atom stereocenters. The van der Waals surface area contributed by atoms with Gasteiger partial charge in [-0.25, -0.2) is 0 Å². The van der Waals surface area contributed by atoms with E-state index in [-0.39, 0.29) is 11.8 Å². The lowest BCUT2D eigenvalue weighted by Crippen LogP contribution is -2.37. The van der Waals surface area contributed by atoms with E-state index in [0.29, 0.717) is 11.4 Å². The monoisotopic (exact) mass is 319 g/mol. The summed E-state index contributed by atoms with van der Waals surface area (Å²) in [6, 6.07) is 9.66. The minimum absolute atomic E-state index is 0.225. The van der Waals surface area contributed by atoms with Crippen LogP contribution in [0.15, 0.2) is 35.7 Å². The SMILES string of the molecule is CCC(=O)[C@H](c1ccccc1Cl)N1CCc2sccc2C1. The van der Waals surface area contributed by atoms with Crippen molar-refractivity contribution in [1.82, 2.24) is 4.90 Å². The lowest BCUT2D eigenvalue weighted by atomic mass is 9.96. The predicted octanol–water partition coefficient (Wildman–Crippen LogP) is 4.48. The molecular weight excluding hydrogens is 302 g/mol. The smallest absolute Gasteiger partial charge is 0.154 e. The summed E-state index contributed by atoms with van der Waals surface area (Å²) < 4.78 is 0. The molecular formula is C17H18ClNOS. The van der Waals surface area contributed by atoms with Gasteiger partial charge >= 0.3 is 0 Å². The molecule has 0 amide bonds. The Kier molecular flexibility index (Phi) is 4.43. The Morgan fingerprint density at radius 1 is 1.38 bits per heavy atom. The molecule has 21 heavy (non-hydrogen) atoms. The lowest BCUT2D eigenvalue weighted by molar-refractivity contribution is -0.124. The number of Topliss-reactive ketones (excluding diaryl/α,β-unsaturated/α-hetero) is 1. The largest absolute Gasteiger partial charge is 0.298 e. The number of fused-ring (bicyclic) bond motifs is 1. The number of carbonyl (C=O) groups excluding carboxylic acids is 1. The molecule has 0 saturated heterocycles. The minimum atomic E-state index is -0.225. The van der Waals surface area contributed by atoms with Gasteiger partial charge < -0.3 is 0 Å². The molecule has 0 N–H and O–H groups in total. The third-order valence-electron chi connectivity index (χ3n) is 4.06. The Morgan fingerprint density at radius 2 is 2.19 bits per heavy atom. The summed E-state index contributed by atoms with van der Waals surface area (Å²) in [5.41, 5.74) is 2.29. The van der Waals surface area contributed by atoms with Crippen LogP contribution in [0.4, 0.5) is 0 Å². The molecule has 0 bridgehead atoms. The maximum Gasteiger partial charge on any atom is 0.154 e. The van der Waals surface area contributed by atoms with Crippen molar-refractivity contribution >= 4 is 28.7 Å². The molecule has 1 aromatic carbocycles. The molecule has 2 heterocycles. The molecule has 1 aliphatic heterocycles. The summed E-state index contributed by atoms with van der Waals surface area (Å²) in [6.45, 7) is 3.67. The number of ketones is 1. The van der Waals surface area contributed by atoms with Crippen LogP contribution in [0.25, 0.3) is 0 Å². The van der Waals surface area contributed by atoms with Crippen molar-refractivity contribution in [3.8, 4) is 0 Å². The van der Waals surface area contributed by atoms with Gasteiger partial charge in [-0.1, -0.05) is 36.7 Å². The first kappa shape index (κ1) is 14.8. The molecule has 1 aliphatic rings. The van der Waals surface area contributed by atoms with E-state index in [4.69, 9.17) is 11.6 Å². The molecule has 1 aromatic heterocycles. The van der Waals surface area contributed by atoms with Gasteiger partial charge in [-0.3, -0.25) is 9.69 Å². The number of rotatable bonds is 4. The Labute approximate surface area is 134 Å². The first-order chi connectivity index (χ1) is 10.2. The number of carbonyl (C=O) groups is 1. The van der Waals surface area contributed by atoms with Crippen LogP contribution in [0.5, 0.6) is 0 Å². The Bertz CT molecular complexity index is 652. The second-order valence-electron chi connectivity index (χ2n) is 5.33. The first-order valence-electron chi connectivity index (χ1n) is 7.27. The van der Waals surface area contributed by atoms with Crippen molar-refractivity contribution in [2.24, 2.45) is 0 Å². The predicted molar refractivity (Wildman–Crippen MR) is 87.9 cm³/mol. The first-order valence-corrected chi connectivity index (χ1v) is 8.53. The summed E-state index contributed by atoms with van der Waals surface area (Å²) in [5, 5.41) is 2.82. The topological polar surface area (TPSA) is 20.3 Å². The average Bonchev–Trinajstić information content (AvgIpc) is 2.97. The van der Waals surface area contributed by atoms with Crippen LogP contribution < -0.4 is 0 Å². The lowest BCUT2D eigenvalue weighted by Gasteiger charge is -2.34. The molecule has 0 unspecified atom stereocenters. The molecule has 0 saturated carbocycles. The van der Waals surface area contributed by atoms with Crippen LogP contribution in [0, 0.1) is 0 Å². The highest BCUT2D eigenvalue weighted by Crippen LogP contribution is 2.34. The molecule has 0 spiro atoms. The van der Waals surface area contributed by atoms with Gasteiger partial charge in [-0.05, 0) is 35.1 Å². The van der Waals surface area contributed by atoms with Crippen LogP contribution in [0.3, 0.4) is 0 Å². The molecule has 0 radical (unpaired) electrons. The summed E-state index contributed by atoms with van der Waals surface area (Å²) in [6.07, 6.45) is 1.55. The number of hydrogen-bond acceptors (Lipinski definition) is 3. The van der Waals surface area contributed by atoms with Gasteiger partial charge in [-0.2, -0.15) is 0 Å². The van der Waals surface area contributed by atoms with Crippen LogP contribution in [0.2, 0.25) is 5.02 Å². The summed E-state index contributed by atoms with van der Waals surface area (Å²) in [4.78, 5) is 16.2. The van der Waals surface area contributed by atoms with Crippen molar-refractivity contribution in [1.29, 1.82) is 0 Å². The summed E-state index contributed by atoms with van der Waals surface area (Å²) in [7, 11) is 0. The quantitative estimate of drug-likeness (QED) is 0.828. The molecule has 0 fully saturated rings. The highest BCUT2D eigenvalue weighted by atomic mass is 35.5. The fourth-order valence-corrected chi connectivity index (χ4v) is 4.08. The molecule has 3 rings (SSSR count). The maximum absolute atomic E-state index is 12.5. The van der Waals surface area contributed by atoms with E-state index in [9.17, 15) is 4.79 Å². The van der Waals surface area contributed by atoms with E-state index in [2.05, 4.69) is 16.3 Å². The highest BCUT2D eigenvalue weighted by molar-refractivity contribution is 7.10. The fraction of sp³-hybridized carbons (Fsp3) is 0.353. The summed E-state index contributed by atoms with van der Waals surface area (Å²) in [5.74, 6) is 0.238. The van der Waals surface area contributed by atoms with Gasteiger partial charge in [0.2, 0.25) is 0 Å². The third kappa shape index (κ3) is 2.91. The zero-order valence-corrected chi connectivity index (χ0v) is 13.6. The zero-order valence-electron chi connectivity index (χ0n) is 12.0. The van der Waals surface area contributed by atoms with Crippen molar-refractivity contribution < 1.29 is 4.79 Å². The second kappa shape index (κ2) is 6.30. The van der Waals surface area contributed by atoms with Gasteiger partial charge in [0.1, 0.15) is 0 Å². The van der Waals surface area contributed by atoms with Crippen LogP contribution >= 0.6 is 22.9 Å². The molecule has 0 aliphatic carbocycles. The maximum atomic E-state index is 12.5. The van der Waals surface area contributed by atoms with Gasteiger partial charge in [0.15, 0.2) is 5.78 Å². The van der Waals surface area contributed by atoms with Gasteiger partial charge in [-0.15, -0.1) is 11.3 Å². The van der Waals surface area contributed by atoms with Crippen molar-refractivity contribution in [3.05, 3.63) is 56.7 Å². The molecule has 4 heteroatoms. The van der Waals surface area contributed by atoms with E-state index in [0.717, 1.165) is 25.1 Å². The minimum Gasteiger partial charge on any atom is -0.298 e. The van der Waals surface area contributed by atoms with Gasteiger partial charge in [0.25, 0.3) is 0 Å². The number of hydrogen-bond donors (Lipinski definition) is 0. The standard InChI is InChI=1S/C17H18ClNOS/c1-2-15(20)17(13-5-3-4-6-14(13)18)19-9-7-16-12(11-19)8-10-21-16/h3-6,8,10,17H,2,7,9,11H2,1H3/t17-/m0/s1. The van der Waals surface area contributed by atoms with Crippen molar-refractivity contribution in [2.75, 3.05) is 6.54 Å². The molecule has 2 nitrogen and oxygen atoms in total. The Morgan fingerprint density at radius 3 is 2.95 bits per heavy atom. The average molecular weight is 320 g/mol. The Hall–Kier alpha value is -1.16. The van der Waals surface area contributed by atoms with E-state index in [1.54, 1.807) is 0 Å². The van der Waals surface area contributed by atoms with E-state index >= 15 is 0 Å². The van der Waals surface area contributed by atoms with Crippen LogP contribution in [-0.2, 0) is 17.8 Å². The zero-order chi connectivity index (χ0) is 14.8. The fourth-order valence-electron chi connectivity index (χ4n) is 2.95. The third-order valence-corrected chi connectivity index (χ3v) is 5.42. The normalized spacial score (nSPS) is 16.5. The van der Waals surface area contributed by atoms with E-state index in [1.165, 1.54) is 10.4 Å². The number of thiophene rings is 1. The van der Waals surface area contributed by atoms with Gasteiger partial charge in [0, 0.05) is 29.4 Å². The number of halogens is 1. The summed E-state index contributed by atoms with van der Waals surface area (Å²) >= 11 is 8.16. The van der Waals surface area contributed by atoms with Crippen LogP contribution in [0.1, 0.15) is 35.4 Å². The van der Waals surface area contributed by atoms with Gasteiger partial charge in [0.05, 0.1) is 6.04 Å². The molecule has 110 valence electrons. The number of benzene rings is 1. The van der Waals surface area contributed by atoms with E-state index < -0.39 is 0 Å². The second-order valence-corrected chi connectivity index (χ2v) is 6.74. The highest BCUT2D eigenvalue weighted by Gasteiger charge is 2.30. The number of nitrogens with zero attached hydrogens (tertiary/aromatic N) is 1. The Balaban J connectivity index is 1.94. The van der Waals surface area contributed by atoms with Crippen molar-refractivity contribution in [2.45, 2.75) is 32.4 Å².